The number of benzene rings is 2. The van der Waals surface area contributed by atoms with E-state index in [1.807, 2.05) is 0 Å². The first-order valence-corrected chi connectivity index (χ1v) is 7.36. The van der Waals surface area contributed by atoms with Crippen molar-refractivity contribution in [2.45, 2.75) is 6.92 Å². The van der Waals surface area contributed by atoms with Crippen molar-refractivity contribution < 1.29 is 14.8 Å². The summed E-state index contributed by atoms with van der Waals surface area (Å²) in [5.41, 5.74) is 1.97. The predicted molar refractivity (Wildman–Crippen MR) is 88.0 cm³/mol. The average Bonchev–Trinajstić information content (AvgIpc) is 2.78. The fourth-order valence-corrected chi connectivity index (χ4v) is 2.71. The summed E-state index contributed by atoms with van der Waals surface area (Å²) in [6.45, 7) is 1.64. The van der Waals surface area contributed by atoms with E-state index in [4.69, 9.17) is 28.4 Å². The zero-order valence-electron chi connectivity index (χ0n) is 11.9. The van der Waals surface area contributed by atoms with E-state index in [9.17, 15) is 9.59 Å². The Morgan fingerprint density at radius 3 is 1.91 bits per heavy atom. The summed E-state index contributed by atoms with van der Waals surface area (Å²) in [5.74, 6) is -0.910. The molecule has 2 aromatic rings. The molecule has 2 amide bonds. The number of imide groups is 1. The second-order valence-electron chi connectivity index (χ2n) is 4.99. The number of oxime groups is 1. The molecule has 0 saturated carbocycles. The van der Waals surface area contributed by atoms with Crippen molar-refractivity contribution in [2.24, 2.45) is 5.16 Å². The number of hydrogen-bond acceptors (Lipinski definition) is 4. The van der Waals surface area contributed by atoms with E-state index in [-0.39, 0.29) is 21.2 Å². The van der Waals surface area contributed by atoms with Gasteiger partial charge >= 0.3 is 0 Å². The maximum Gasteiger partial charge on any atom is 0.266 e. The van der Waals surface area contributed by atoms with Gasteiger partial charge in [-0.15, -0.1) is 0 Å². The Morgan fingerprint density at radius 1 is 1.00 bits per heavy atom. The smallest absolute Gasteiger partial charge is 0.266 e. The van der Waals surface area contributed by atoms with Crippen molar-refractivity contribution >= 4 is 46.4 Å². The van der Waals surface area contributed by atoms with Crippen LogP contribution in [0, 0.1) is 0 Å². The summed E-state index contributed by atoms with van der Waals surface area (Å²) in [5, 5.41) is 12.3. The van der Waals surface area contributed by atoms with Crippen LogP contribution in [-0.4, -0.2) is 22.7 Å². The van der Waals surface area contributed by atoms with Gasteiger partial charge in [-0.2, -0.15) is 0 Å². The molecule has 0 saturated heterocycles. The lowest BCUT2D eigenvalue weighted by Gasteiger charge is -2.14. The second-order valence-corrected chi connectivity index (χ2v) is 5.80. The first kappa shape index (κ1) is 15.5. The molecule has 7 heteroatoms. The number of carbonyl (C=O) groups excluding carboxylic acids is 2. The minimum atomic E-state index is -0.455. The molecule has 0 aliphatic carbocycles. The van der Waals surface area contributed by atoms with Crippen LogP contribution in [0.1, 0.15) is 33.2 Å². The monoisotopic (exact) mass is 348 g/mol. The standard InChI is InChI=1S/C16H10Cl2N2O3/c1-8(19-23)9-2-4-10(5-3-9)20-15(21)11-6-13(17)14(18)7-12(11)16(20)22/h2-7,23H,1H3/b19-8+. The zero-order valence-corrected chi connectivity index (χ0v) is 13.4. The van der Waals surface area contributed by atoms with Crippen molar-refractivity contribution in [3.63, 3.8) is 0 Å². The fraction of sp³-hybridized carbons (Fsp3) is 0.0625. The van der Waals surface area contributed by atoms with Crippen molar-refractivity contribution in [1.29, 1.82) is 0 Å². The molecule has 1 heterocycles. The van der Waals surface area contributed by atoms with Crippen molar-refractivity contribution in [1.82, 2.24) is 0 Å². The van der Waals surface area contributed by atoms with Crippen LogP contribution in [0.15, 0.2) is 41.6 Å². The van der Waals surface area contributed by atoms with Gasteiger partial charge < -0.3 is 5.21 Å². The predicted octanol–water partition coefficient (Wildman–Crippen LogP) is 3.99. The Balaban J connectivity index is 2.02. The highest BCUT2D eigenvalue weighted by molar-refractivity contribution is 6.44. The molecule has 0 unspecified atom stereocenters. The van der Waals surface area contributed by atoms with Crippen molar-refractivity contribution in [3.8, 4) is 0 Å². The van der Waals surface area contributed by atoms with Gasteiger partial charge in [0.1, 0.15) is 0 Å². The normalized spacial score (nSPS) is 14.4. The maximum absolute atomic E-state index is 12.5. The number of carbonyl (C=O) groups is 2. The maximum atomic E-state index is 12.5. The van der Waals surface area contributed by atoms with E-state index < -0.39 is 11.8 Å². The molecule has 0 bridgehead atoms. The van der Waals surface area contributed by atoms with E-state index in [0.717, 1.165) is 4.90 Å². The quantitative estimate of drug-likeness (QED) is 0.386. The van der Waals surface area contributed by atoms with E-state index in [1.54, 1.807) is 31.2 Å². The molecule has 23 heavy (non-hydrogen) atoms. The lowest BCUT2D eigenvalue weighted by atomic mass is 10.1. The molecule has 0 spiro atoms. The van der Waals surface area contributed by atoms with Crippen LogP contribution >= 0.6 is 23.2 Å². The highest BCUT2D eigenvalue weighted by Gasteiger charge is 2.37. The highest BCUT2D eigenvalue weighted by Crippen LogP contribution is 2.34. The molecule has 1 N–H and O–H groups in total. The van der Waals surface area contributed by atoms with Gasteiger partial charge in [0, 0.05) is 0 Å². The topological polar surface area (TPSA) is 70.0 Å². The molecule has 5 nitrogen and oxygen atoms in total. The molecule has 3 rings (SSSR count). The Kier molecular flexibility index (Phi) is 3.83. The van der Waals surface area contributed by atoms with Gasteiger partial charge in [0.15, 0.2) is 0 Å². The van der Waals surface area contributed by atoms with Gasteiger partial charge in [0.05, 0.1) is 32.6 Å². The largest absolute Gasteiger partial charge is 0.411 e. The van der Waals surface area contributed by atoms with Crippen LogP contribution in [0.25, 0.3) is 0 Å². The minimum absolute atomic E-state index is 0.221. The average molecular weight is 349 g/mol. The number of rotatable bonds is 2. The van der Waals surface area contributed by atoms with Gasteiger partial charge in [0.25, 0.3) is 11.8 Å². The fourth-order valence-electron chi connectivity index (χ4n) is 2.38. The van der Waals surface area contributed by atoms with Crippen LogP contribution in [0.5, 0.6) is 0 Å². The van der Waals surface area contributed by atoms with Crippen LogP contribution in [-0.2, 0) is 0 Å². The summed E-state index contributed by atoms with van der Waals surface area (Å²) in [4.78, 5) is 26.0. The van der Waals surface area contributed by atoms with E-state index in [2.05, 4.69) is 5.16 Å². The Bertz CT molecular complexity index is 819. The third-order valence-corrected chi connectivity index (χ3v) is 4.34. The van der Waals surface area contributed by atoms with Gasteiger partial charge in [-0.05, 0) is 36.8 Å². The first-order valence-electron chi connectivity index (χ1n) is 6.61. The summed E-state index contributed by atoms with van der Waals surface area (Å²) < 4.78 is 0. The Morgan fingerprint density at radius 2 is 1.48 bits per heavy atom. The van der Waals surface area contributed by atoms with Gasteiger partial charge in [-0.1, -0.05) is 40.5 Å². The summed E-state index contributed by atoms with van der Waals surface area (Å²) in [7, 11) is 0. The van der Waals surface area contributed by atoms with E-state index >= 15 is 0 Å². The number of amides is 2. The number of fused-ring (bicyclic) bond motifs is 1. The third kappa shape index (κ3) is 2.48. The summed E-state index contributed by atoms with van der Waals surface area (Å²) in [6.07, 6.45) is 0. The van der Waals surface area contributed by atoms with E-state index in [0.29, 0.717) is 17.0 Å². The molecule has 2 aromatic carbocycles. The molecule has 116 valence electrons. The number of hydrogen-bond donors (Lipinski definition) is 1. The number of nitrogens with zero attached hydrogens (tertiary/aromatic N) is 2. The van der Waals surface area contributed by atoms with E-state index in [1.165, 1.54) is 12.1 Å². The summed E-state index contributed by atoms with van der Waals surface area (Å²) in [6, 6.07) is 9.33. The molecule has 0 fully saturated rings. The molecule has 0 atom stereocenters. The zero-order chi connectivity index (χ0) is 16.7. The Hall–Kier alpha value is -2.37. The van der Waals surface area contributed by atoms with Crippen LogP contribution in [0.4, 0.5) is 5.69 Å². The molecule has 1 aliphatic rings. The number of halogens is 2. The molecule has 0 radical (unpaired) electrons. The molecule has 0 aromatic heterocycles. The third-order valence-electron chi connectivity index (χ3n) is 3.62. The van der Waals surface area contributed by atoms with Gasteiger partial charge in [-0.3, -0.25) is 9.59 Å². The van der Waals surface area contributed by atoms with Crippen molar-refractivity contribution in [3.05, 3.63) is 63.1 Å². The number of anilines is 1. The SMILES string of the molecule is C/C(=N\O)c1ccc(N2C(=O)c3cc(Cl)c(Cl)cc3C2=O)cc1. The minimum Gasteiger partial charge on any atom is -0.411 e. The van der Waals surface area contributed by atoms with Crippen LogP contribution < -0.4 is 4.90 Å². The molecular weight excluding hydrogens is 339 g/mol. The van der Waals surface area contributed by atoms with Gasteiger partial charge in [0.2, 0.25) is 0 Å². The molecular formula is C16H10Cl2N2O3. The highest BCUT2D eigenvalue weighted by atomic mass is 35.5. The lowest BCUT2D eigenvalue weighted by molar-refractivity contribution is 0.0926. The second kappa shape index (κ2) is 5.68. The van der Waals surface area contributed by atoms with Gasteiger partial charge in [-0.25, -0.2) is 4.90 Å². The Labute approximate surface area is 141 Å². The molecule has 1 aliphatic heterocycles. The summed E-state index contributed by atoms with van der Waals surface area (Å²) >= 11 is 11.8. The first-order chi connectivity index (χ1) is 10.9. The van der Waals surface area contributed by atoms with Crippen LogP contribution in [0.2, 0.25) is 10.0 Å². The van der Waals surface area contributed by atoms with Crippen molar-refractivity contribution in [2.75, 3.05) is 4.90 Å². The van der Waals surface area contributed by atoms with Crippen LogP contribution in [0.3, 0.4) is 0 Å². The lowest BCUT2D eigenvalue weighted by Crippen LogP contribution is -2.29.